The van der Waals surface area contributed by atoms with Gasteiger partial charge in [0.2, 0.25) is 11.8 Å². The molecule has 0 aromatic carbocycles. The number of nitrogens with zero attached hydrogens (tertiary/aromatic N) is 4. The molecule has 1 amide bonds. The summed E-state index contributed by atoms with van der Waals surface area (Å²) >= 11 is 1.50. The molecule has 22 heavy (non-hydrogen) atoms. The zero-order valence-electron chi connectivity index (χ0n) is 12.7. The lowest BCUT2D eigenvalue weighted by Crippen LogP contribution is -2.61. The molecule has 1 spiro atoms. The van der Waals surface area contributed by atoms with E-state index in [-0.39, 0.29) is 17.2 Å². The van der Waals surface area contributed by atoms with E-state index < -0.39 is 0 Å². The van der Waals surface area contributed by atoms with Crippen LogP contribution in [-0.4, -0.2) is 59.1 Å². The fraction of sp³-hybridized carbons (Fsp3) is 0.533. The van der Waals surface area contributed by atoms with Gasteiger partial charge in [-0.25, -0.2) is 0 Å². The number of thiophene rings is 1. The number of rotatable bonds is 2. The van der Waals surface area contributed by atoms with Gasteiger partial charge in [-0.15, -0.1) is 21.5 Å². The van der Waals surface area contributed by atoms with Crippen molar-refractivity contribution in [1.29, 1.82) is 0 Å². The first-order valence-corrected chi connectivity index (χ1v) is 8.27. The minimum absolute atomic E-state index is 0.0562. The zero-order valence-corrected chi connectivity index (χ0v) is 13.5. The van der Waals surface area contributed by atoms with Crippen LogP contribution >= 0.6 is 11.3 Å². The molecule has 2 aromatic heterocycles. The van der Waals surface area contributed by atoms with E-state index in [1.165, 1.54) is 11.3 Å². The summed E-state index contributed by atoms with van der Waals surface area (Å²) in [4.78, 5) is 17.5. The van der Waals surface area contributed by atoms with Crippen LogP contribution in [0, 0.1) is 12.3 Å². The first kappa shape index (κ1) is 13.9. The number of aromatic nitrogens is 2. The lowest BCUT2D eigenvalue weighted by atomic mass is 9.71. The van der Waals surface area contributed by atoms with Crippen LogP contribution in [-0.2, 0) is 0 Å². The predicted molar refractivity (Wildman–Crippen MR) is 81.9 cm³/mol. The van der Waals surface area contributed by atoms with Crippen LogP contribution in [0.15, 0.2) is 21.9 Å². The number of hydrogen-bond acceptors (Lipinski definition) is 6. The average Bonchev–Trinajstić information content (AvgIpc) is 3.14. The highest BCUT2D eigenvalue weighted by Crippen LogP contribution is 2.48. The number of likely N-dealkylation sites (tertiary alicyclic amines) is 2. The Labute approximate surface area is 132 Å². The van der Waals surface area contributed by atoms with Gasteiger partial charge in [0.05, 0.1) is 10.8 Å². The Hall–Kier alpha value is -1.73. The van der Waals surface area contributed by atoms with Gasteiger partial charge in [-0.2, -0.15) is 0 Å². The van der Waals surface area contributed by atoms with Gasteiger partial charge in [0.1, 0.15) is 0 Å². The van der Waals surface area contributed by atoms with Crippen molar-refractivity contribution < 1.29 is 9.21 Å². The quantitative estimate of drug-likeness (QED) is 0.842. The SMILES string of the molecule is Cc1nnc(C2CN(C)CC23CN(C(=O)c2cccs2)C3)o1. The Bertz CT molecular complexity index is 690. The molecule has 2 aromatic rings. The monoisotopic (exact) mass is 318 g/mol. The van der Waals surface area contributed by atoms with Crippen LogP contribution in [0.3, 0.4) is 0 Å². The highest BCUT2D eigenvalue weighted by atomic mass is 32.1. The van der Waals surface area contributed by atoms with Crippen molar-refractivity contribution in [2.75, 3.05) is 33.2 Å². The molecule has 7 heteroatoms. The Morgan fingerprint density at radius 2 is 2.23 bits per heavy atom. The lowest BCUT2D eigenvalue weighted by molar-refractivity contribution is 0.000855. The summed E-state index contributed by atoms with van der Waals surface area (Å²) in [5.74, 6) is 1.66. The lowest BCUT2D eigenvalue weighted by Gasteiger charge is -2.50. The van der Waals surface area contributed by atoms with Gasteiger partial charge < -0.3 is 14.2 Å². The van der Waals surface area contributed by atoms with Crippen molar-refractivity contribution in [1.82, 2.24) is 20.0 Å². The Balaban J connectivity index is 1.53. The third-order valence-electron chi connectivity index (χ3n) is 4.69. The molecule has 2 saturated heterocycles. The second-order valence-electron chi connectivity index (χ2n) is 6.41. The fourth-order valence-corrected chi connectivity index (χ4v) is 4.44. The third kappa shape index (κ3) is 2.07. The smallest absolute Gasteiger partial charge is 0.263 e. The Morgan fingerprint density at radius 1 is 1.41 bits per heavy atom. The average molecular weight is 318 g/mol. The van der Waals surface area contributed by atoms with Gasteiger partial charge in [-0.1, -0.05) is 6.07 Å². The predicted octanol–water partition coefficient (Wildman–Crippen LogP) is 1.61. The molecule has 0 bridgehead atoms. The number of likely N-dealkylation sites (N-methyl/N-ethyl adjacent to an activating group) is 1. The van der Waals surface area contributed by atoms with Crippen molar-refractivity contribution in [3.8, 4) is 0 Å². The van der Waals surface area contributed by atoms with Crippen LogP contribution in [0.5, 0.6) is 0 Å². The van der Waals surface area contributed by atoms with Gasteiger partial charge >= 0.3 is 0 Å². The summed E-state index contributed by atoms with van der Waals surface area (Å²) in [7, 11) is 2.11. The van der Waals surface area contributed by atoms with Crippen molar-refractivity contribution in [2.45, 2.75) is 12.8 Å². The molecule has 0 radical (unpaired) electrons. The molecule has 2 aliphatic heterocycles. The molecule has 6 nitrogen and oxygen atoms in total. The highest BCUT2D eigenvalue weighted by molar-refractivity contribution is 7.12. The van der Waals surface area contributed by atoms with Crippen LogP contribution in [0.2, 0.25) is 0 Å². The molecule has 4 heterocycles. The van der Waals surface area contributed by atoms with Crippen LogP contribution in [0.4, 0.5) is 0 Å². The summed E-state index contributed by atoms with van der Waals surface area (Å²) in [6, 6.07) is 3.80. The van der Waals surface area contributed by atoms with Gasteiger partial charge in [0.25, 0.3) is 5.91 Å². The standard InChI is InChI=1S/C15H18N4O2S/c1-10-16-17-13(21-10)11-6-18(2)7-15(11)8-19(9-15)14(20)12-4-3-5-22-12/h3-5,11H,6-9H2,1-2H3. The molecular formula is C15H18N4O2S. The zero-order chi connectivity index (χ0) is 15.3. The Kier molecular flexibility index (Phi) is 3.09. The largest absolute Gasteiger partial charge is 0.425 e. The Morgan fingerprint density at radius 3 is 2.86 bits per heavy atom. The summed E-state index contributed by atoms with van der Waals surface area (Å²) in [6.07, 6.45) is 0. The van der Waals surface area contributed by atoms with Crippen LogP contribution in [0.25, 0.3) is 0 Å². The number of carbonyl (C=O) groups excluding carboxylic acids is 1. The number of carbonyl (C=O) groups is 1. The van der Waals surface area contributed by atoms with E-state index in [9.17, 15) is 4.79 Å². The third-order valence-corrected chi connectivity index (χ3v) is 5.55. The molecule has 116 valence electrons. The minimum atomic E-state index is 0.0562. The highest BCUT2D eigenvalue weighted by Gasteiger charge is 2.57. The van der Waals surface area contributed by atoms with Gasteiger partial charge in [0, 0.05) is 38.5 Å². The maximum Gasteiger partial charge on any atom is 0.263 e. The van der Waals surface area contributed by atoms with E-state index in [0.717, 1.165) is 31.1 Å². The topological polar surface area (TPSA) is 62.5 Å². The van der Waals surface area contributed by atoms with E-state index in [0.29, 0.717) is 11.8 Å². The summed E-state index contributed by atoms with van der Waals surface area (Å²) in [6.45, 7) is 5.21. The summed E-state index contributed by atoms with van der Waals surface area (Å²) in [5, 5.41) is 10.1. The maximum absolute atomic E-state index is 12.4. The summed E-state index contributed by atoms with van der Waals surface area (Å²) in [5.41, 5.74) is 0.0562. The van der Waals surface area contributed by atoms with Crippen molar-refractivity contribution >= 4 is 17.2 Å². The normalized spacial score (nSPS) is 23.9. The molecule has 0 saturated carbocycles. The number of aryl methyl sites for hydroxylation is 1. The van der Waals surface area contributed by atoms with Gasteiger partial charge in [-0.05, 0) is 18.5 Å². The molecule has 2 aliphatic rings. The second-order valence-corrected chi connectivity index (χ2v) is 7.36. The molecule has 4 rings (SSSR count). The van der Waals surface area contributed by atoms with E-state index in [1.807, 2.05) is 29.3 Å². The molecular weight excluding hydrogens is 300 g/mol. The molecule has 1 atom stereocenters. The molecule has 0 aliphatic carbocycles. The summed E-state index contributed by atoms with van der Waals surface area (Å²) < 4.78 is 5.66. The first-order valence-electron chi connectivity index (χ1n) is 7.39. The molecule has 1 unspecified atom stereocenters. The van der Waals surface area contributed by atoms with E-state index in [1.54, 1.807) is 0 Å². The van der Waals surface area contributed by atoms with Crippen molar-refractivity contribution in [2.24, 2.45) is 5.41 Å². The van der Waals surface area contributed by atoms with Gasteiger partial charge in [-0.3, -0.25) is 4.79 Å². The number of amides is 1. The van der Waals surface area contributed by atoms with E-state index in [4.69, 9.17) is 4.42 Å². The van der Waals surface area contributed by atoms with E-state index >= 15 is 0 Å². The van der Waals surface area contributed by atoms with Crippen molar-refractivity contribution in [3.63, 3.8) is 0 Å². The van der Waals surface area contributed by atoms with Crippen LogP contribution in [0.1, 0.15) is 27.4 Å². The van der Waals surface area contributed by atoms with E-state index in [2.05, 4.69) is 22.1 Å². The fourth-order valence-electron chi connectivity index (χ4n) is 3.74. The second kappa shape index (κ2) is 4.89. The molecule has 0 N–H and O–H groups in total. The van der Waals surface area contributed by atoms with Gasteiger partial charge in [0.15, 0.2) is 0 Å². The van der Waals surface area contributed by atoms with Crippen LogP contribution < -0.4 is 0 Å². The molecule has 2 fully saturated rings. The van der Waals surface area contributed by atoms with Crippen molar-refractivity contribution in [3.05, 3.63) is 34.2 Å². The minimum Gasteiger partial charge on any atom is -0.425 e. The maximum atomic E-state index is 12.4. The number of hydrogen-bond donors (Lipinski definition) is 0. The first-order chi connectivity index (χ1) is 10.6.